The minimum atomic E-state index is 0.325. The Morgan fingerprint density at radius 3 is 3.07 bits per heavy atom. The Morgan fingerprint density at radius 2 is 2.29 bits per heavy atom. The third-order valence-corrected chi connectivity index (χ3v) is 3.19. The summed E-state index contributed by atoms with van der Waals surface area (Å²) in [6, 6.07) is 8.48. The lowest BCUT2D eigenvalue weighted by Crippen LogP contribution is -1.88. The monoisotopic (exact) mass is 187 g/mol. The quantitative estimate of drug-likeness (QED) is 0.743. The van der Waals surface area contributed by atoms with Crippen LogP contribution in [-0.2, 0) is 0 Å². The molecule has 1 fully saturated rings. The second kappa shape index (κ2) is 2.85. The van der Waals surface area contributed by atoms with Crippen LogP contribution in [0, 0.1) is 5.92 Å². The largest absolute Gasteiger partial charge is 0.396 e. The molecule has 1 aromatic heterocycles. The molecule has 1 aromatic carbocycles. The molecule has 1 saturated carbocycles. The van der Waals surface area contributed by atoms with E-state index in [0.29, 0.717) is 18.4 Å². The minimum Gasteiger partial charge on any atom is -0.396 e. The summed E-state index contributed by atoms with van der Waals surface area (Å²) in [4.78, 5) is 3.21. The Morgan fingerprint density at radius 1 is 1.36 bits per heavy atom. The van der Waals surface area contributed by atoms with Crippen molar-refractivity contribution in [2.24, 2.45) is 5.92 Å². The fraction of sp³-hybridized carbons (Fsp3) is 0.333. The van der Waals surface area contributed by atoms with Gasteiger partial charge >= 0.3 is 0 Å². The van der Waals surface area contributed by atoms with Gasteiger partial charge in [0.25, 0.3) is 0 Å². The molecule has 0 aliphatic heterocycles. The molecule has 2 heteroatoms. The molecule has 72 valence electrons. The molecule has 3 rings (SSSR count). The number of aliphatic hydroxyl groups is 1. The van der Waals surface area contributed by atoms with Gasteiger partial charge < -0.3 is 10.1 Å². The van der Waals surface area contributed by atoms with Crippen LogP contribution in [0.25, 0.3) is 10.9 Å². The number of rotatable bonds is 2. The predicted octanol–water partition coefficient (Wildman–Crippen LogP) is 2.26. The molecule has 2 N–H and O–H groups in total. The van der Waals surface area contributed by atoms with Crippen molar-refractivity contribution < 1.29 is 5.11 Å². The molecule has 1 heterocycles. The van der Waals surface area contributed by atoms with Crippen molar-refractivity contribution in [2.45, 2.75) is 12.3 Å². The van der Waals surface area contributed by atoms with Gasteiger partial charge in [-0.1, -0.05) is 12.1 Å². The summed E-state index contributed by atoms with van der Waals surface area (Å²) in [7, 11) is 0. The molecule has 2 nitrogen and oxygen atoms in total. The number of benzene rings is 1. The van der Waals surface area contributed by atoms with E-state index in [4.69, 9.17) is 5.11 Å². The Balaban J connectivity index is 2.08. The van der Waals surface area contributed by atoms with E-state index in [-0.39, 0.29) is 0 Å². The molecule has 0 amide bonds. The number of nitrogens with one attached hydrogen (secondary N) is 1. The highest BCUT2D eigenvalue weighted by molar-refractivity contribution is 5.83. The maximum atomic E-state index is 9.05. The number of H-pyrrole nitrogens is 1. The van der Waals surface area contributed by atoms with Gasteiger partial charge in [-0.3, -0.25) is 0 Å². The number of fused-ring (bicyclic) bond motifs is 1. The van der Waals surface area contributed by atoms with Gasteiger partial charge in [0, 0.05) is 23.7 Å². The van der Waals surface area contributed by atoms with Gasteiger partial charge in [-0.25, -0.2) is 0 Å². The van der Waals surface area contributed by atoms with E-state index < -0.39 is 0 Å². The van der Waals surface area contributed by atoms with E-state index in [2.05, 4.69) is 29.2 Å². The summed E-state index contributed by atoms with van der Waals surface area (Å²) in [6.45, 7) is 0.325. The number of aromatic nitrogens is 1. The summed E-state index contributed by atoms with van der Waals surface area (Å²) in [6.07, 6.45) is 3.12. The van der Waals surface area contributed by atoms with Crippen LogP contribution >= 0.6 is 0 Å². The maximum Gasteiger partial charge on any atom is 0.0465 e. The molecule has 2 aromatic rings. The van der Waals surface area contributed by atoms with Gasteiger partial charge in [0.15, 0.2) is 0 Å². The zero-order valence-electron chi connectivity index (χ0n) is 7.90. The predicted molar refractivity (Wildman–Crippen MR) is 56.2 cm³/mol. The lowest BCUT2D eigenvalue weighted by Gasteiger charge is -2.01. The Bertz CT molecular complexity index is 460. The van der Waals surface area contributed by atoms with Gasteiger partial charge in [-0.15, -0.1) is 0 Å². The lowest BCUT2D eigenvalue weighted by atomic mass is 10.0. The van der Waals surface area contributed by atoms with Crippen LogP contribution in [0.15, 0.2) is 30.5 Å². The third-order valence-electron chi connectivity index (χ3n) is 3.19. The molecule has 0 bridgehead atoms. The van der Waals surface area contributed by atoms with Gasteiger partial charge in [-0.2, -0.15) is 0 Å². The summed E-state index contributed by atoms with van der Waals surface area (Å²) < 4.78 is 0. The SMILES string of the molecule is OCC1CC1c1cccc2[nH]ccc12. The zero-order valence-corrected chi connectivity index (χ0v) is 7.90. The molecule has 2 atom stereocenters. The van der Waals surface area contributed by atoms with Crippen LogP contribution in [0.4, 0.5) is 0 Å². The molecule has 0 radical (unpaired) electrons. The molecular weight excluding hydrogens is 174 g/mol. The van der Waals surface area contributed by atoms with E-state index in [1.54, 1.807) is 0 Å². The lowest BCUT2D eigenvalue weighted by molar-refractivity contribution is 0.274. The van der Waals surface area contributed by atoms with E-state index in [1.807, 2.05) is 6.20 Å². The van der Waals surface area contributed by atoms with Crippen LogP contribution < -0.4 is 0 Å². The first-order valence-corrected chi connectivity index (χ1v) is 5.07. The highest BCUT2D eigenvalue weighted by atomic mass is 16.3. The van der Waals surface area contributed by atoms with Crippen molar-refractivity contribution >= 4 is 10.9 Å². The Kier molecular flexibility index (Phi) is 1.64. The first-order valence-electron chi connectivity index (χ1n) is 5.07. The number of aromatic amines is 1. The first kappa shape index (κ1) is 8.06. The summed E-state index contributed by atoms with van der Waals surface area (Å²) in [5.74, 6) is 1.08. The molecule has 14 heavy (non-hydrogen) atoms. The second-order valence-corrected chi connectivity index (χ2v) is 4.07. The van der Waals surface area contributed by atoms with E-state index in [9.17, 15) is 0 Å². The van der Waals surface area contributed by atoms with Crippen molar-refractivity contribution in [2.75, 3.05) is 6.61 Å². The van der Waals surface area contributed by atoms with Crippen LogP contribution in [0.1, 0.15) is 17.9 Å². The Hall–Kier alpha value is -1.28. The average Bonchev–Trinajstić information content (AvgIpc) is 2.85. The van der Waals surface area contributed by atoms with Crippen LogP contribution in [-0.4, -0.2) is 16.7 Å². The van der Waals surface area contributed by atoms with Crippen molar-refractivity contribution in [3.63, 3.8) is 0 Å². The fourth-order valence-electron chi connectivity index (χ4n) is 2.26. The number of hydrogen-bond acceptors (Lipinski definition) is 1. The average molecular weight is 187 g/mol. The first-order chi connectivity index (χ1) is 6.90. The maximum absolute atomic E-state index is 9.05. The van der Waals surface area contributed by atoms with Crippen molar-refractivity contribution in [3.05, 3.63) is 36.0 Å². The summed E-state index contributed by atoms with van der Waals surface area (Å²) >= 11 is 0. The van der Waals surface area contributed by atoms with Crippen molar-refractivity contribution in [1.29, 1.82) is 0 Å². The summed E-state index contributed by atoms with van der Waals surface area (Å²) in [5.41, 5.74) is 2.59. The topological polar surface area (TPSA) is 36.0 Å². The van der Waals surface area contributed by atoms with Crippen LogP contribution in [0.5, 0.6) is 0 Å². The number of hydrogen-bond donors (Lipinski definition) is 2. The number of aliphatic hydroxyl groups excluding tert-OH is 1. The van der Waals surface area contributed by atoms with Gasteiger partial charge in [0.1, 0.15) is 0 Å². The Labute approximate surface area is 82.6 Å². The van der Waals surface area contributed by atoms with Gasteiger partial charge in [0.05, 0.1) is 0 Å². The van der Waals surface area contributed by atoms with Crippen LogP contribution in [0.3, 0.4) is 0 Å². The highest BCUT2D eigenvalue weighted by Gasteiger charge is 2.38. The molecule has 1 aliphatic carbocycles. The highest BCUT2D eigenvalue weighted by Crippen LogP contribution is 2.48. The minimum absolute atomic E-state index is 0.325. The molecular formula is C12H13NO. The van der Waals surface area contributed by atoms with Crippen LogP contribution in [0.2, 0.25) is 0 Å². The standard InChI is InChI=1S/C12H13NO/c14-7-8-6-11(8)9-2-1-3-12-10(9)4-5-13-12/h1-5,8,11,13-14H,6-7H2. The van der Waals surface area contributed by atoms with Gasteiger partial charge in [0.2, 0.25) is 0 Å². The summed E-state index contributed by atoms with van der Waals surface area (Å²) in [5, 5.41) is 10.4. The molecule has 2 unspecified atom stereocenters. The van der Waals surface area contributed by atoms with E-state index in [0.717, 1.165) is 6.42 Å². The normalized spacial score (nSPS) is 25.5. The molecule has 0 spiro atoms. The second-order valence-electron chi connectivity index (χ2n) is 4.07. The van der Waals surface area contributed by atoms with Gasteiger partial charge in [-0.05, 0) is 36.0 Å². The molecule has 0 saturated heterocycles. The smallest absolute Gasteiger partial charge is 0.0465 e. The molecule has 1 aliphatic rings. The zero-order chi connectivity index (χ0) is 9.54. The van der Waals surface area contributed by atoms with E-state index in [1.165, 1.54) is 16.5 Å². The van der Waals surface area contributed by atoms with Crippen molar-refractivity contribution in [1.82, 2.24) is 4.98 Å². The van der Waals surface area contributed by atoms with Crippen molar-refractivity contribution in [3.8, 4) is 0 Å². The van der Waals surface area contributed by atoms with E-state index >= 15 is 0 Å². The third kappa shape index (κ3) is 1.07. The fourth-order valence-corrected chi connectivity index (χ4v) is 2.26.